The third-order valence-corrected chi connectivity index (χ3v) is 7.41. The van der Waals surface area contributed by atoms with Crippen LogP contribution in [0.4, 0.5) is 0 Å². The first kappa shape index (κ1) is 17.6. The Balaban J connectivity index is 1.68. The van der Waals surface area contributed by atoms with Gasteiger partial charge in [0, 0.05) is 11.5 Å². The minimum atomic E-state index is -0.953. The number of aromatic nitrogens is 1. The van der Waals surface area contributed by atoms with Gasteiger partial charge in [0.05, 0.1) is 17.0 Å². The first-order chi connectivity index (χ1) is 13.4. The van der Waals surface area contributed by atoms with E-state index in [-0.39, 0.29) is 11.3 Å². The number of rotatable bonds is 3. The molecule has 1 saturated carbocycles. The Morgan fingerprint density at radius 1 is 0.929 bits per heavy atom. The second-order valence-corrected chi connectivity index (χ2v) is 9.24. The van der Waals surface area contributed by atoms with Crippen molar-refractivity contribution >= 4 is 0 Å². The summed E-state index contributed by atoms with van der Waals surface area (Å²) in [5.41, 5.74) is 4.75. The molecule has 3 aromatic rings. The molecule has 6 rings (SSSR count). The molecule has 3 aliphatic rings. The summed E-state index contributed by atoms with van der Waals surface area (Å²) in [4.78, 5) is 5.14. The van der Waals surface area contributed by atoms with Gasteiger partial charge >= 0.3 is 0 Å². The molecule has 0 aliphatic heterocycles. The number of hydrogen-bond donors (Lipinski definition) is 1. The molecule has 3 aliphatic carbocycles. The van der Waals surface area contributed by atoms with Crippen LogP contribution in [-0.2, 0) is 5.60 Å². The second-order valence-electron chi connectivity index (χ2n) is 9.24. The first-order valence-electron chi connectivity index (χ1n) is 10.2. The van der Waals surface area contributed by atoms with Gasteiger partial charge < -0.3 is 5.11 Å². The molecule has 2 heteroatoms. The summed E-state index contributed by atoms with van der Waals surface area (Å²) in [6.45, 7) is 6.68. The Morgan fingerprint density at radius 3 is 2.21 bits per heavy atom. The summed E-state index contributed by atoms with van der Waals surface area (Å²) in [5, 5.41) is 11.8. The largest absolute Gasteiger partial charge is 0.385 e. The van der Waals surface area contributed by atoms with E-state index in [2.05, 4.69) is 50.2 Å². The Kier molecular flexibility index (Phi) is 3.79. The SMILES string of the molecule is CC1(C)[C@@H]2C[C@H]1c1ccc(-c3ccccc3)nc1[C@H]2[C@](C)(O)c1ccccc1. The molecule has 0 amide bonds. The highest BCUT2D eigenvalue weighted by Gasteiger charge is 2.61. The van der Waals surface area contributed by atoms with Gasteiger partial charge in [-0.15, -0.1) is 0 Å². The van der Waals surface area contributed by atoms with Gasteiger partial charge in [-0.25, -0.2) is 0 Å². The van der Waals surface area contributed by atoms with Crippen LogP contribution in [0.2, 0.25) is 0 Å². The van der Waals surface area contributed by atoms with E-state index in [1.165, 1.54) is 5.56 Å². The lowest BCUT2D eigenvalue weighted by Gasteiger charge is -2.62. The van der Waals surface area contributed by atoms with Gasteiger partial charge in [0.2, 0.25) is 0 Å². The maximum absolute atomic E-state index is 11.8. The predicted molar refractivity (Wildman–Crippen MR) is 113 cm³/mol. The van der Waals surface area contributed by atoms with Crippen LogP contribution < -0.4 is 0 Å². The smallest absolute Gasteiger partial charge is 0.0954 e. The number of nitrogens with zero attached hydrogens (tertiary/aromatic N) is 1. The van der Waals surface area contributed by atoms with Crippen molar-refractivity contribution in [2.45, 2.75) is 44.6 Å². The molecule has 1 N–H and O–H groups in total. The fraction of sp³-hybridized carbons (Fsp3) is 0.346. The van der Waals surface area contributed by atoms with Gasteiger partial charge in [-0.3, -0.25) is 4.98 Å². The van der Waals surface area contributed by atoms with Crippen LogP contribution >= 0.6 is 0 Å². The van der Waals surface area contributed by atoms with Crippen LogP contribution in [-0.4, -0.2) is 10.1 Å². The Labute approximate surface area is 167 Å². The van der Waals surface area contributed by atoms with Crippen LogP contribution in [0, 0.1) is 11.3 Å². The quantitative estimate of drug-likeness (QED) is 0.625. The van der Waals surface area contributed by atoms with Crippen molar-refractivity contribution in [3.05, 3.63) is 89.6 Å². The molecule has 1 fully saturated rings. The van der Waals surface area contributed by atoms with Crippen molar-refractivity contribution in [1.82, 2.24) is 4.98 Å². The molecular weight excluding hydrogens is 342 g/mol. The molecule has 1 heterocycles. The van der Waals surface area contributed by atoms with Crippen LogP contribution in [0.25, 0.3) is 11.3 Å². The summed E-state index contributed by atoms with van der Waals surface area (Å²) in [6.07, 6.45) is 1.14. The molecule has 2 aromatic carbocycles. The topological polar surface area (TPSA) is 33.1 Å². The number of aliphatic hydroxyl groups is 1. The van der Waals surface area contributed by atoms with Gasteiger partial charge in [-0.1, -0.05) is 80.6 Å². The van der Waals surface area contributed by atoms with Crippen molar-refractivity contribution in [2.24, 2.45) is 11.3 Å². The maximum Gasteiger partial charge on any atom is 0.0954 e. The van der Waals surface area contributed by atoms with Crippen molar-refractivity contribution in [3.63, 3.8) is 0 Å². The van der Waals surface area contributed by atoms with E-state index in [0.29, 0.717) is 11.8 Å². The molecule has 0 spiro atoms. The van der Waals surface area contributed by atoms with E-state index >= 15 is 0 Å². The molecule has 2 bridgehead atoms. The number of pyridine rings is 1. The van der Waals surface area contributed by atoms with Gasteiger partial charge in [0.1, 0.15) is 0 Å². The van der Waals surface area contributed by atoms with Crippen LogP contribution in [0.1, 0.15) is 55.8 Å². The van der Waals surface area contributed by atoms with Gasteiger partial charge in [0.15, 0.2) is 0 Å². The Hall–Kier alpha value is -2.45. The zero-order chi connectivity index (χ0) is 19.5. The fourth-order valence-electron chi connectivity index (χ4n) is 5.66. The van der Waals surface area contributed by atoms with Crippen molar-refractivity contribution < 1.29 is 5.11 Å². The van der Waals surface area contributed by atoms with Crippen LogP contribution in [0.3, 0.4) is 0 Å². The summed E-state index contributed by atoms with van der Waals surface area (Å²) in [6, 6.07) is 24.9. The molecule has 0 radical (unpaired) electrons. The lowest BCUT2D eigenvalue weighted by molar-refractivity contribution is -0.0906. The molecular formula is C26H27NO. The third-order valence-electron chi connectivity index (χ3n) is 7.41. The van der Waals surface area contributed by atoms with Crippen molar-refractivity contribution in [3.8, 4) is 11.3 Å². The zero-order valence-electron chi connectivity index (χ0n) is 16.8. The van der Waals surface area contributed by atoms with E-state index in [1.54, 1.807) is 0 Å². The minimum absolute atomic E-state index is 0.00596. The summed E-state index contributed by atoms with van der Waals surface area (Å²) < 4.78 is 0. The molecule has 4 atom stereocenters. The molecule has 0 unspecified atom stereocenters. The maximum atomic E-state index is 11.8. The van der Waals surface area contributed by atoms with Gasteiger partial charge in [0.25, 0.3) is 0 Å². The van der Waals surface area contributed by atoms with E-state index < -0.39 is 5.60 Å². The van der Waals surface area contributed by atoms with Crippen molar-refractivity contribution in [1.29, 1.82) is 0 Å². The average Bonchev–Trinajstić information content (AvgIpc) is 2.73. The van der Waals surface area contributed by atoms with E-state index in [4.69, 9.17) is 4.98 Å². The first-order valence-corrected chi connectivity index (χ1v) is 10.2. The highest BCUT2D eigenvalue weighted by Crippen LogP contribution is 2.69. The third kappa shape index (κ3) is 2.41. The summed E-state index contributed by atoms with van der Waals surface area (Å²) in [7, 11) is 0. The minimum Gasteiger partial charge on any atom is -0.385 e. The average molecular weight is 370 g/mol. The van der Waals surface area contributed by atoms with E-state index in [0.717, 1.165) is 28.9 Å². The second kappa shape index (κ2) is 6.02. The van der Waals surface area contributed by atoms with Gasteiger partial charge in [-0.2, -0.15) is 0 Å². The molecule has 142 valence electrons. The summed E-state index contributed by atoms with van der Waals surface area (Å²) >= 11 is 0. The normalized spacial score (nSPS) is 26.6. The van der Waals surface area contributed by atoms with E-state index in [1.807, 2.05) is 43.3 Å². The Bertz CT molecular complexity index is 1010. The zero-order valence-corrected chi connectivity index (χ0v) is 16.8. The fourth-order valence-corrected chi connectivity index (χ4v) is 5.66. The van der Waals surface area contributed by atoms with Crippen LogP contribution in [0.15, 0.2) is 72.8 Å². The highest BCUT2D eigenvalue weighted by atomic mass is 16.3. The monoisotopic (exact) mass is 369 g/mol. The standard InChI is InChI=1S/C26H27NO/c1-25(2)20-16-21(25)23(26(3,28)18-12-8-5-9-13-18)24-19(20)14-15-22(27-24)17-10-6-4-7-11-17/h4-15,20-21,23,28H,16H2,1-3H3/t20-,21+,23-,26+/m0/s1. The molecule has 2 nitrogen and oxygen atoms in total. The molecule has 28 heavy (non-hydrogen) atoms. The molecule has 0 saturated heterocycles. The lowest BCUT2D eigenvalue weighted by Crippen LogP contribution is -2.55. The van der Waals surface area contributed by atoms with Gasteiger partial charge in [-0.05, 0) is 47.8 Å². The van der Waals surface area contributed by atoms with E-state index in [9.17, 15) is 5.11 Å². The Morgan fingerprint density at radius 2 is 1.57 bits per heavy atom. The molecule has 1 aromatic heterocycles. The number of hydrogen-bond acceptors (Lipinski definition) is 2. The predicted octanol–water partition coefficient (Wildman–Crippen LogP) is 5.88. The lowest BCUT2D eigenvalue weighted by atomic mass is 9.42. The highest BCUT2D eigenvalue weighted by molar-refractivity contribution is 5.61. The van der Waals surface area contributed by atoms with Crippen molar-refractivity contribution in [2.75, 3.05) is 0 Å². The van der Waals surface area contributed by atoms with Crippen LogP contribution in [0.5, 0.6) is 0 Å². The number of benzene rings is 2. The summed E-state index contributed by atoms with van der Waals surface area (Å²) in [5.74, 6) is 0.958.